The zero-order valence-electron chi connectivity index (χ0n) is 23.5. The Balaban J connectivity index is 1.30. The van der Waals surface area contributed by atoms with E-state index in [9.17, 15) is 14.7 Å². The Kier molecular flexibility index (Phi) is 7.02. The number of carboxylic acids is 1. The molecule has 1 aromatic carbocycles. The number of nitrogens with zero attached hydrogens (tertiary/aromatic N) is 4. The summed E-state index contributed by atoms with van der Waals surface area (Å²) in [6.45, 7) is 4.53. The van der Waals surface area contributed by atoms with Crippen molar-refractivity contribution in [3.05, 3.63) is 40.3 Å². The molecule has 6 atom stereocenters. The van der Waals surface area contributed by atoms with Crippen LogP contribution in [0.5, 0.6) is 0 Å². The molecule has 0 amide bonds. The van der Waals surface area contributed by atoms with Gasteiger partial charge in [0, 0.05) is 24.2 Å². The molecule has 2 aliphatic carbocycles. The Morgan fingerprint density at radius 3 is 2.23 bits per heavy atom. The lowest BCUT2D eigenvalue weighted by molar-refractivity contribution is -0.161. The quantitative estimate of drug-likeness (QED) is 0.387. The van der Waals surface area contributed by atoms with E-state index in [2.05, 4.69) is 15.0 Å². The second kappa shape index (κ2) is 10.3. The van der Waals surface area contributed by atoms with Gasteiger partial charge in [-0.25, -0.2) is 9.78 Å². The minimum atomic E-state index is -1.50. The van der Waals surface area contributed by atoms with Crippen molar-refractivity contribution < 1.29 is 14.7 Å². The van der Waals surface area contributed by atoms with Crippen molar-refractivity contribution in [2.45, 2.75) is 121 Å². The van der Waals surface area contributed by atoms with Crippen LogP contribution in [-0.4, -0.2) is 55.0 Å². The number of aromatic nitrogens is 2. The minimum Gasteiger partial charge on any atom is -0.478 e. The molecule has 4 fully saturated rings. The molecule has 4 bridgehead atoms. The number of para-hydroxylation sites is 2. The number of hydrogen-bond donors (Lipinski definition) is 1. The molecule has 0 radical (unpaired) electrons. The van der Waals surface area contributed by atoms with Crippen LogP contribution < -0.4 is 5.56 Å². The van der Waals surface area contributed by atoms with Gasteiger partial charge in [-0.3, -0.25) is 9.69 Å². The fraction of sp³-hybridized carbons (Fsp3) is 0.677. The monoisotopic (exact) mass is 534 g/mol. The number of benzene rings is 1. The summed E-state index contributed by atoms with van der Waals surface area (Å²) in [6.07, 6.45) is 14.2. The Morgan fingerprint density at radius 2 is 1.59 bits per heavy atom. The van der Waals surface area contributed by atoms with E-state index in [0.717, 1.165) is 35.7 Å². The van der Waals surface area contributed by atoms with E-state index < -0.39 is 11.6 Å². The molecule has 4 aliphatic rings. The summed E-state index contributed by atoms with van der Waals surface area (Å²) < 4.78 is 1.96. The van der Waals surface area contributed by atoms with Crippen LogP contribution in [0.4, 0.5) is 0 Å². The molecular weight excluding hydrogens is 492 g/mol. The summed E-state index contributed by atoms with van der Waals surface area (Å²) in [7, 11) is 0. The van der Waals surface area contributed by atoms with Crippen LogP contribution in [0.1, 0.15) is 103 Å². The summed E-state index contributed by atoms with van der Waals surface area (Å²) in [4.78, 5) is 38.3. The molecule has 8 heteroatoms. The lowest BCUT2D eigenvalue weighted by Gasteiger charge is -2.48. The third kappa shape index (κ3) is 5.01. The van der Waals surface area contributed by atoms with Gasteiger partial charge < -0.3 is 14.5 Å². The molecule has 39 heavy (non-hydrogen) atoms. The molecular formula is C31H42N4O4. The van der Waals surface area contributed by atoms with Crippen molar-refractivity contribution in [1.29, 1.82) is 0 Å². The predicted octanol–water partition coefficient (Wildman–Crippen LogP) is 5.53. The van der Waals surface area contributed by atoms with Gasteiger partial charge in [0.1, 0.15) is 5.71 Å². The molecule has 0 unspecified atom stereocenters. The van der Waals surface area contributed by atoms with E-state index in [1.165, 1.54) is 71.6 Å². The molecule has 8 nitrogen and oxygen atoms in total. The Morgan fingerprint density at radius 1 is 0.949 bits per heavy atom. The van der Waals surface area contributed by atoms with Crippen LogP contribution in [0.25, 0.3) is 11.0 Å². The number of hydrogen-bond acceptors (Lipinski definition) is 6. The highest BCUT2D eigenvalue weighted by Crippen LogP contribution is 2.47. The molecule has 3 heterocycles. The van der Waals surface area contributed by atoms with Crippen LogP contribution in [0.15, 0.2) is 34.2 Å². The third-order valence-electron chi connectivity index (χ3n) is 9.97. The van der Waals surface area contributed by atoms with Crippen molar-refractivity contribution in [2.75, 3.05) is 0 Å². The van der Waals surface area contributed by atoms with E-state index in [1.807, 2.05) is 28.8 Å². The van der Waals surface area contributed by atoms with E-state index in [0.29, 0.717) is 23.8 Å². The fourth-order valence-electron chi connectivity index (χ4n) is 8.12. The van der Waals surface area contributed by atoms with Crippen LogP contribution in [-0.2, 0) is 9.63 Å². The first kappa shape index (κ1) is 26.5. The topological polar surface area (TPSA) is 97.0 Å². The standard InChI is InChI=1S/C31H42N4O4/c1-19(33-39-31(2,3)30(37)38)28-29(36)35(27-11-7-6-10-26(27)32-28)25-17-22-12-13-23(18-25)34(22)24-15-20-8-4-5-9-21(14-20)16-24/h6-7,10-11,20-25H,4-5,8-9,12-18H2,1-3H3,(H,37,38)/b33-19+/t20-,21+,22-,23+,24-,25+. The average molecular weight is 535 g/mol. The largest absolute Gasteiger partial charge is 0.478 e. The van der Waals surface area contributed by atoms with Gasteiger partial charge in [0.2, 0.25) is 5.60 Å². The van der Waals surface area contributed by atoms with Crippen LogP contribution in [0.2, 0.25) is 0 Å². The maximum Gasteiger partial charge on any atom is 0.350 e. The van der Waals surface area contributed by atoms with E-state index >= 15 is 0 Å². The average Bonchev–Trinajstić information content (AvgIpc) is 3.06. The highest BCUT2D eigenvalue weighted by molar-refractivity contribution is 5.97. The summed E-state index contributed by atoms with van der Waals surface area (Å²) >= 11 is 0. The molecule has 2 saturated carbocycles. The minimum absolute atomic E-state index is 0.105. The van der Waals surface area contributed by atoms with Crippen molar-refractivity contribution in [3.8, 4) is 0 Å². The van der Waals surface area contributed by atoms with Gasteiger partial charge in [-0.2, -0.15) is 0 Å². The summed E-state index contributed by atoms with van der Waals surface area (Å²) in [5.41, 5.74) is 0.436. The van der Waals surface area contributed by atoms with E-state index in [1.54, 1.807) is 6.92 Å². The second-order valence-electron chi connectivity index (χ2n) is 13.0. The van der Waals surface area contributed by atoms with Gasteiger partial charge in [0.25, 0.3) is 5.56 Å². The number of piperidine rings is 1. The second-order valence-corrected chi connectivity index (χ2v) is 13.0. The van der Waals surface area contributed by atoms with Crippen molar-refractivity contribution in [3.63, 3.8) is 0 Å². The molecule has 2 aromatic rings. The first-order valence-electron chi connectivity index (χ1n) is 15.0. The van der Waals surface area contributed by atoms with Gasteiger partial charge in [0.15, 0.2) is 5.69 Å². The maximum absolute atomic E-state index is 14.0. The number of rotatable bonds is 6. The number of aliphatic carboxylic acids is 1. The Labute approximate surface area is 230 Å². The molecule has 1 N–H and O–H groups in total. The predicted molar refractivity (Wildman–Crippen MR) is 151 cm³/mol. The molecule has 2 aliphatic heterocycles. The molecule has 6 rings (SSSR count). The number of oxime groups is 1. The number of carboxylic acid groups (broad SMARTS) is 1. The SMILES string of the molecule is C/C(=N\OC(C)(C)C(=O)O)c1nc2ccccc2n([C@H]2C[C@H]3CC[C@@H](C2)N3[C@@H]2C[C@@H]3CCCC[C@@H](C3)C2)c1=O. The highest BCUT2D eigenvalue weighted by atomic mass is 16.7. The van der Waals surface area contributed by atoms with Crippen LogP contribution in [0, 0.1) is 11.8 Å². The van der Waals surface area contributed by atoms with Crippen molar-refractivity contribution >= 4 is 22.7 Å². The summed E-state index contributed by atoms with van der Waals surface area (Å²) in [5.74, 6) is 0.680. The van der Waals surface area contributed by atoms with Gasteiger partial charge in [-0.15, -0.1) is 0 Å². The van der Waals surface area contributed by atoms with Gasteiger partial charge >= 0.3 is 5.97 Å². The van der Waals surface area contributed by atoms with Gasteiger partial charge in [-0.1, -0.05) is 43.0 Å². The normalized spacial score (nSPS) is 31.7. The third-order valence-corrected chi connectivity index (χ3v) is 9.97. The highest BCUT2D eigenvalue weighted by Gasteiger charge is 2.47. The molecule has 2 saturated heterocycles. The molecule has 210 valence electrons. The van der Waals surface area contributed by atoms with Crippen LogP contribution >= 0.6 is 0 Å². The Hall–Kier alpha value is -2.74. The maximum atomic E-state index is 14.0. The van der Waals surface area contributed by atoms with Crippen LogP contribution in [0.3, 0.4) is 0 Å². The van der Waals surface area contributed by atoms with Gasteiger partial charge in [0.05, 0.1) is 11.0 Å². The zero-order valence-corrected chi connectivity index (χ0v) is 23.5. The number of fused-ring (bicyclic) bond motifs is 5. The first-order chi connectivity index (χ1) is 18.7. The van der Waals surface area contributed by atoms with Gasteiger partial charge in [-0.05, 0) is 89.7 Å². The fourth-order valence-corrected chi connectivity index (χ4v) is 8.12. The lowest BCUT2D eigenvalue weighted by Crippen LogP contribution is -2.52. The number of carbonyl (C=O) groups is 1. The molecule has 0 spiro atoms. The smallest absolute Gasteiger partial charge is 0.350 e. The van der Waals surface area contributed by atoms with E-state index in [-0.39, 0.29) is 17.3 Å². The zero-order chi connectivity index (χ0) is 27.3. The Bertz CT molecular complexity index is 1310. The summed E-state index contributed by atoms with van der Waals surface area (Å²) in [6, 6.07) is 9.67. The first-order valence-corrected chi connectivity index (χ1v) is 15.0. The van der Waals surface area contributed by atoms with Crippen molar-refractivity contribution in [1.82, 2.24) is 14.5 Å². The van der Waals surface area contributed by atoms with Crippen molar-refractivity contribution in [2.24, 2.45) is 17.0 Å². The summed E-state index contributed by atoms with van der Waals surface area (Å²) in [5, 5.41) is 13.4. The van der Waals surface area contributed by atoms with E-state index in [4.69, 9.17) is 4.84 Å². The molecule has 1 aromatic heterocycles. The lowest BCUT2D eigenvalue weighted by atomic mass is 9.76.